The molecule has 7 nitrogen and oxygen atoms in total. The van der Waals surface area contributed by atoms with Gasteiger partial charge in [0.2, 0.25) is 5.91 Å². The number of ether oxygens (including phenoxy) is 1. The maximum atomic E-state index is 12.6. The van der Waals surface area contributed by atoms with Crippen LogP contribution in [0.4, 0.5) is 13.2 Å². The molecule has 0 aliphatic carbocycles. The Morgan fingerprint density at radius 3 is 2.23 bits per heavy atom. The highest BCUT2D eigenvalue weighted by molar-refractivity contribution is 5.97. The number of allylic oxidation sites excluding steroid dienone is 1. The number of carbonyl (C=O) groups excluding carboxylic acids is 2. The van der Waals surface area contributed by atoms with E-state index in [0.717, 1.165) is 24.2 Å². The van der Waals surface area contributed by atoms with Crippen molar-refractivity contribution in [1.82, 2.24) is 14.5 Å². The molecule has 0 radical (unpaired) electrons. The summed E-state index contributed by atoms with van der Waals surface area (Å²) in [6.45, 7) is 1.38. The first-order valence-electron chi connectivity index (χ1n) is 13.0. The summed E-state index contributed by atoms with van der Waals surface area (Å²) >= 11 is 0. The Kier molecular flexibility index (Phi) is 8.66. The fourth-order valence-corrected chi connectivity index (χ4v) is 5.57. The number of aromatic nitrogens is 2. The van der Waals surface area contributed by atoms with Gasteiger partial charge in [0.15, 0.2) is 0 Å². The number of likely N-dealkylation sites (tertiary alicyclic amines) is 1. The van der Waals surface area contributed by atoms with Gasteiger partial charge in [-0.05, 0) is 68.0 Å². The first-order chi connectivity index (χ1) is 18.7. The van der Waals surface area contributed by atoms with Crippen molar-refractivity contribution in [3.05, 3.63) is 78.3 Å². The molecule has 1 fully saturated rings. The molecule has 2 N–H and O–H groups in total. The Morgan fingerprint density at radius 1 is 0.950 bits per heavy atom. The van der Waals surface area contributed by atoms with E-state index in [0.29, 0.717) is 61.4 Å². The number of imidazole rings is 1. The third-order valence-electron chi connectivity index (χ3n) is 7.40. The number of alkyl halides is 3. The van der Waals surface area contributed by atoms with Crippen LogP contribution in [0.1, 0.15) is 55.3 Å². The Balaban J connectivity index is 0.00000370. The summed E-state index contributed by atoms with van der Waals surface area (Å²) in [6.07, 6.45) is -0.915. The van der Waals surface area contributed by atoms with E-state index in [1.165, 1.54) is 4.90 Å². The Bertz CT molecular complexity index is 1360. The maximum Gasteiger partial charge on any atom is 0.409 e. The number of rotatable bonds is 6. The molecule has 40 heavy (non-hydrogen) atoms. The first-order valence-corrected chi connectivity index (χ1v) is 13.0. The fraction of sp³-hybridized carbons (Fsp3) is 0.367. The molecule has 0 spiro atoms. The van der Waals surface area contributed by atoms with Crippen molar-refractivity contribution >= 4 is 11.8 Å². The molecule has 2 aliphatic rings. The molecule has 212 valence electrons. The molecular formula is C30H33F3N4O3. The topological polar surface area (TPSA) is 90.5 Å². The predicted molar refractivity (Wildman–Crippen MR) is 146 cm³/mol. The van der Waals surface area contributed by atoms with Gasteiger partial charge in [-0.2, -0.15) is 13.2 Å². The van der Waals surface area contributed by atoms with Crippen molar-refractivity contribution in [3.8, 4) is 22.8 Å². The molecule has 3 aromatic rings. The van der Waals surface area contributed by atoms with Gasteiger partial charge in [-0.15, -0.1) is 0 Å². The Labute approximate surface area is 231 Å². The van der Waals surface area contributed by atoms with Crippen LogP contribution in [0.5, 0.6) is 11.5 Å². The van der Waals surface area contributed by atoms with Crippen LogP contribution in [-0.4, -0.2) is 45.5 Å². The van der Waals surface area contributed by atoms with E-state index in [9.17, 15) is 22.8 Å². The van der Waals surface area contributed by atoms with Crippen molar-refractivity contribution in [2.45, 2.75) is 51.7 Å². The Morgan fingerprint density at radius 2 is 1.60 bits per heavy atom. The van der Waals surface area contributed by atoms with Crippen LogP contribution in [0.25, 0.3) is 11.3 Å². The lowest BCUT2D eigenvalue weighted by molar-refractivity contribution is -0.128. The van der Waals surface area contributed by atoms with Crippen LogP contribution < -0.4 is 10.5 Å². The van der Waals surface area contributed by atoms with Gasteiger partial charge in [0, 0.05) is 43.3 Å². The van der Waals surface area contributed by atoms with Crippen LogP contribution in [0.15, 0.2) is 66.7 Å². The summed E-state index contributed by atoms with van der Waals surface area (Å²) in [7, 11) is 0. The van der Waals surface area contributed by atoms with E-state index >= 15 is 0 Å². The zero-order chi connectivity index (χ0) is 27.6. The van der Waals surface area contributed by atoms with E-state index in [1.54, 1.807) is 0 Å². The summed E-state index contributed by atoms with van der Waals surface area (Å²) in [5.41, 5.74) is 7.48. The second-order valence-electron chi connectivity index (χ2n) is 9.91. The number of amides is 2. The highest BCUT2D eigenvalue weighted by Crippen LogP contribution is 2.41. The maximum absolute atomic E-state index is 12.6. The molecule has 1 unspecified atom stereocenters. The number of para-hydroxylation sites is 1. The molecule has 1 atom stereocenters. The van der Waals surface area contributed by atoms with Crippen LogP contribution in [0.2, 0.25) is 0 Å². The average molecular weight is 555 g/mol. The number of piperidine rings is 1. The number of primary amides is 1. The summed E-state index contributed by atoms with van der Waals surface area (Å²) < 4.78 is 45.1. The molecule has 5 rings (SSSR count). The monoisotopic (exact) mass is 554 g/mol. The molecule has 2 amide bonds. The van der Waals surface area contributed by atoms with Crippen molar-refractivity contribution < 1.29 is 27.5 Å². The van der Waals surface area contributed by atoms with Gasteiger partial charge in [0.1, 0.15) is 28.7 Å². The zero-order valence-electron chi connectivity index (χ0n) is 21.2. The van der Waals surface area contributed by atoms with E-state index < -0.39 is 18.0 Å². The first kappa shape index (κ1) is 28.9. The average Bonchev–Trinajstić information content (AvgIpc) is 3.33. The van der Waals surface area contributed by atoms with Crippen LogP contribution in [0.3, 0.4) is 0 Å². The van der Waals surface area contributed by atoms with Crippen LogP contribution in [0, 0.1) is 5.92 Å². The van der Waals surface area contributed by atoms with Crippen molar-refractivity contribution in [2.75, 3.05) is 13.1 Å². The van der Waals surface area contributed by atoms with Crippen LogP contribution >= 0.6 is 0 Å². The zero-order valence-corrected chi connectivity index (χ0v) is 21.2. The standard InChI is InChI=1S/C29H29F3N4O3.CH4/c30-29(31,32)15-12-24(37)35-17-13-19(14-18-35)23-7-4-16-36-26(27(33)38)25(34-28(23)36)20-8-10-22(11-9-20)39-21-5-2-1-3-6-21;/h1-3,5-6,8-12,15,19,23H,4,7,13-14,16-18H2,(H2,33,38);1H4/b15-12+;. The number of carbonyl (C=O) groups is 2. The number of nitrogens with two attached hydrogens (primary N) is 1. The highest BCUT2D eigenvalue weighted by Gasteiger charge is 2.36. The van der Waals surface area contributed by atoms with Crippen molar-refractivity contribution in [2.24, 2.45) is 11.7 Å². The quantitative estimate of drug-likeness (QED) is 0.362. The van der Waals surface area contributed by atoms with Crippen molar-refractivity contribution in [1.29, 1.82) is 0 Å². The lowest BCUT2D eigenvalue weighted by atomic mass is 9.79. The molecule has 0 saturated carbocycles. The normalized spacial score (nSPS) is 17.8. The second kappa shape index (κ2) is 12.0. The molecule has 0 bridgehead atoms. The highest BCUT2D eigenvalue weighted by atomic mass is 19.4. The third kappa shape index (κ3) is 6.38. The van der Waals surface area contributed by atoms with Gasteiger partial charge in [-0.25, -0.2) is 4.98 Å². The minimum atomic E-state index is -4.52. The lowest BCUT2D eigenvalue weighted by Crippen LogP contribution is -2.40. The van der Waals surface area contributed by atoms with E-state index in [-0.39, 0.29) is 25.3 Å². The molecular weight excluding hydrogens is 521 g/mol. The minimum absolute atomic E-state index is 0. The molecule has 2 aromatic carbocycles. The molecule has 2 aliphatic heterocycles. The van der Waals surface area contributed by atoms with E-state index in [1.807, 2.05) is 59.2 Å². The van der Waals surface area contributed by atoms with Gasteiger partial charge in [-0.1, -0.05) is 25.6 Å². The Hall–Kier alpha value is -4.08. The summed E-state index contributed by atoms with van der Waals surface area (Å²) in [6, 6.07) is 16.8. The molecule has 1 aromatic heterocycles. The second-order valence-corrected chi connectivity index (χ2v) is 9.91. The van der Waals surface area contributed by atoms with Crippen molar-refractivity contribution in [3.63, 3.8) is 0 Å². The minimum Gasteiger partial charge on any atom is -0.457 e. The van der Waals surface area contributed by atoms with Gasteiger partial charge in [0.25, 0.3) is 5.91 Å². The van der Waals surface area contributed by atoms with Gasteiger partial charge in [-0.3, -0.25) is 9.59 Å². The largest absolute Gasteiger partial charge is 0.457 e. The lowest BCUT2D eigenvalue weighted by Gasteiger charge is -2.37. The van der Waals surface area contributed by atoms with E-state index in [2.05, 4.69) is 0 Å². The number of hydrogen-bond donors (Lipinski definition) is 1. The third-order valence-corrected chi connectivity index (χ3v) is 7.40. The number of benzene rings is 2. The summed E-state index contributed by atoms with van der Waals surface area (Å²) in [4.78, 5) is 31.1. The number of halogens is 3. The van der Waals surface area contributed by atoms with Crippen LogP contribution in [-0.2, 0) is 11.3 Å². The number of fused-ring (bicyclic) bond motifs is 1. The van der Waals surface area contributed by atoms with Gasteiger partial charge >= 0.3 is 6.18 Å². The molecule has 1 saturated heterocycles. The predicted octanol–water partition coefficient (Wildman–Crippen LogP) is 6.31. The van der Waals surface area contributed by atoms with Gasteiger partial charge in [0.05, 0.1) is 0 Å². The SMILES string of the molecule is C.NC(=O)c1c(-c2ccc(Oc3ccccc3)cc2)nc2n1CCCC2C1CCN(C(=O)/C=C/C(F)(F)F)CC1. The number of hydrogen-bond acceptors (Lipinski definition) is 4. The van der Waals surface area contributed by atoms with Gasteiger partial charge < -0.3 is 19.9 Å². The number of nitrogens with zero attached hydrogens (tertiary/aromatic N) is 3. The summed E-state index contributed by atoms with van der Waals surface area (Å²) in [5, 5.41) is 0. The summed E-state index contributed by atoms with van der Waals surface area (Å²) in [5.74, 6) is 1.24. The molecule has 10 heteroatoms. The molecule has 3 heterocycles. The van der Waals surface area contributed by atoms with E-state index in [4.69, 9.17) is 15.5 Å². The smallest absolute Gasteiger partial charge is 0.409 e. The fourth-order valence-electron chi connectivity index (χ4n) is 5.57.